The van der Waals surface area contributed by atoms with E-state index in [0.717, 1.165) is 24.2 Å². The SMILES string of the molecule is O=C(NC[C@@H](O)c1ccccc1)c1ccc(C(=O)N2CCC(Oc3ccc(Cl)cc3)CC2)cc1. The molecule has 3 aromatic rings. The van der Waals surface area contributed by atoms with E-state index < -0.39 is 6.10 Å². The highest BCUT2D eigenvalue weighted by atomic mass is 35.5. The van der Waals surface area contributed by atoms with E-state index in [1.54, 1.807) is 36.4 Å². The summed E-state index contributed by atoms with van der Waals surface area (Å²) < 4.78 is 6.00. The lowest BCUT2D eigenvalue weighted by atomic mass is 10.0. The van der Waals surface area contributed by atoms with E-state index in [4.69, 9.17) is 16.3 Å². The molecule has 0 aliphatic carbocycles. The molecule has 6 nitrogen and oxygen atoms in total. The number of carbonyl (C=O) groups is 2. The van der Waals surface area contributed by atoms with Gasteiger partial charge in [0.15, 0.2) is 0 Å². The Kier molecular flexibility index (Phi) is 7.83. The number of hydrogen-bond acceptors (Lipinski definition) is 4. The van der Waals surface area contributed by atoms with Gasteiger partial charge in [-0.2, -0.15) is 0 Å². The molecule has 3 aromatic carbocycles. The van der Waals surface area contributed by atoms with Crippen LogP contribution >= 0.6 is 11.6 Å². The van der Waals surface area contributed by atoms with Crippen LogP contribution in [0.25, 0.3) is 0 Å². The summed E-state index contributed by atoms with van der Waals surface area (Å²) in [7, 11) is 0. The van der Waals surface area contributed by atoms with Crippen LogP contribution < -0.4 is 10.1 Å². The molecule has 176 valence electrons. The first-order valence-electron chi connectivity index (χ1n) is 11.3. The quantitative estimate of drug-likeness (QED) is 0.524. The minimum absolute atomic E-state index is 0.0579. The van der Waals surface area contributed by atoms with E-state index in [-0.39, 0.29) is 24.5 Å². The zero-order chi connectivity index (χ0) is 23.9. The van der Waals surface area contributed by atoms with Crippen LogP contribution in [0.5, 0.6) is 5.75 Å². The Morgan fingerprint density at radius 3 is 2.21 bits per heavy atom. The van der Waals surface area contributed by atoms with Crippen molar-refractivity contribution in [2.75, 3.05) is 19.6 Å². The molecule has 0 aromatic heterocycles. The number of halogens is 1. The predicted molar refractivity (Wildman–Crippen MR) is 131 cm³/mol. The monoisotopic (exact) mass is 478 g/mol. The Labute approximate surface area is 204 Å². The summed E-state index contributed by atoms with van der Waals surface area (Å²) in [5.41, 5.74) is 1.72. The normalized spacial score (nSPS) is 14.9. The number of aliphatic hydroxyl groups is 1. The Hall–Kier alpha value is -3.35. The zero-order valence-corrected chi connectivity index (χ0v) is 19.4. The minimum Gasteiger partial charge on any atom is -0.490 e. The van der Waals surface area contributed by atoms with Crippen LogP contribution in [0.15, 0.2) is 78.9 Å². The average Bonchev–Trinajstić information content (AvgIpc) is 2.89. The third-order valence-corrected chi connectivity index (χ3v) is 6.13. The number of piperidine rings is 1. The maximum atomic E-state index is 12.9. The van der Waals surface area contributed by atoms with Crippen molar-refractivity contribution < 1.29 is 19.4 Å². The Morgan fingerprint density at radius 1 is 0.941 bits per heavy atom. The lowest BCUT2D eigenvalue weighted by Gasteiger charge is -2.32. The molecule has 0 saturated carbocycles. The van der Waals surface area contributed by atoms with Crippen molar-refractivity contribution >= 4 is 23.4 Å². The number of likely N-dealkylation sites (tertiary alicyclic amines) is 1. The average molecular weight is 479 g/mol. The van der Waals surface area contributed by atoms with Gasteiger partial charge in [-0.25, -0.2) is 0 Å². The van der Waals surface area contributed by atoms with Gasteiger partial charge in [0.25, 0.3) is 11.8 Å². The number of nitrogens with zero attached hydrogens (tertiary/aromatic N) is 1. The lowest BCUT2D eigenvalue weighted by Crippen LogP contribution is -2.41. The summed E-state index contributed by atoms with van der Waals surface area (Å²) in [5, 5.41) is 13.6. The molecule has 2 amide bonds. The van der Waals surface area contributed by atoms with Gasteiger partial charge in [0, 0.05) is 48.6 Å². The highest BCUT2D eigenvalue weighted by Gasteiger charge is 2.25. The summed E-state index contributed by atoms with van der Waals surface area (Å²) in [5.74, 6) is 0.421. The van der Waals surface area contributed by atoms with Gasteiger partial charge in [-0.1, -0.05) is 41.9 Å². The first-order chi connectivity index (χ1) is 16.5. The zero-order valence-electron chi connectivity index (χ0n) is 18.7. The van der Waals surface area contributed by atoms with Crippen molar-refractivity contribution in [3.8, 4) is 5.75 Å². The van der Waals surface area contributed by atoms with Gasteiger partial charge >= 0.3 is 0 Å². The Balaban J connectivity index is 1.26. The van der Waals surface area contributed by atoms with Crippen LogP contribution in [0.1, 0.15) is 45.2 Å². The van der Waals surface area contributed by atoms with Gasteiger partial charge in [0.2, 0.25) is 0 Å². The number of benzene rings is 3. The fourth-order valence-corrected chi connectivity index (χ4v) is 4.04. The Bertz CT molecular complexity index is 1100. The van der Waals surface area contributed by atoms with Gasteiger partial charge in [-0.15, -0.1) is 0 Å². The van der Waals surface area contributed by atoms with Crippen molar-refractivity contribution in [3.05, 3.63) is 101 Å². The first-order valence-corrected chi connectivity index (χ1v) is 11.7. The van der Waals surface area contributed by atoms with E-state index in [1.807, 2.05) is 47.4 Å². The molecule has 1 aliphatic rings. The van der Waals surface area contributed by atoms with Crippen molar-refractivity contribution in [3.63, 3.8) is 0 Å². The van der Waals surface area contributed by atoms with Gasteiger partial charge in [-0.05, 0) is 54.1 Å². The van der Waals surface area contributed by atoms with Gasteiger partial charge in [0.1, 0.15) is 11.9 Å². The second kappa shape index (κ2) is 11.2. The van der Waals surface area contributed by atoms with Crippen LogP contribution in [0.2, 0.25) is 5.02 Å². The predicted octanol–water partition coefficient (Wildman–Crippen LogP) is 4.49. The number of hydrogen-bond donors (Lipinski definition) is 2. The molecule has 0 radical (unpaired) electrons. The second-order valence-electron chi connectivity index (χ2n) is 8.28. The summed E-state index contributed by atoms with van der Waals surface area (Å²) in [6, 6.07) is 23.1. The lowest BCUT2D eigenvalue weighted by molar-refractivity contribution is 0.0595. The number of aliphatic hydroxyl groups excluding tert-OH is 1. The molecule has 7 heteroatoms. The standard InChI is InChI=1S/C27H27ClN2O4/c28-22-10-12-23(13-11-22)34-24-14-16-30(17-15-24)27(33)21-8-6-20(7-9-21)26(32)29-18-25(31)19-4-2-1-3-5-19/h1-13,24-25,31H,14-18H2,(H,29,32)/t25-/m1/s1. The van der Waals surface area contributed by atoms with E-state index in [9.17, 15) is 14.7 Å². The third-order valence-electron chi connectivity index (χ3n) is 5.88. The summed E-state index contributed by atoms with van der Waals surface area (Å²) >= 11 is 5.91. The molecule has 1 saturated heterocycles. The van der Waals surface area contributed by atoms with Crippen LogP contribution in [0.3, 0.4) is 0 Å². The van der Waals surface area contributed by atoms with Gasteiger partial charge < -0.3 is 20.1 Å². The summed E-state index contributed by atoms with van der Waals surface area (Å²) in [4.78, 5) is 27.1. The molecular formula is C27H27ClN2O4. The molecular weight excluding hydrogens is 452 g/mol. The maximum absolute atomic E-state index is 12.9. The molecule has 4 rings (SSSR count). The number of carbonyl (C=O) groups excluding carboxylic acids is 2. The molecule has 34 heavy (non-hydrogen) atoms. The van der Waals surface area contributed by atoms with Crippen molar-refractivity contribution in [1.82, 2.24) is 10.2 Å². The maximum Gasteiger partial charge on any atom is 0.253 e. The van der Waals surface area contributed by atoms with E-state index >= 15 is 0 Å². The highest BCUT2D eigenvalue weighted by Crippen LogP contribution is 2.22. The number of amides is 2. The van der Waals surface area contributed by atoms with E-state index in [0.29, 0.717) is 29.2 Å². The third kappa shape index (κ3) is 6.16. The molecule has 0 spiro atoms. The fraction of sp³-hybridized carbons (Fsp3) is 0.259. The van der Waals surface area contributed by atoms with Crippen LogP contribution in [0.4, 0.5) is 0 Å². The molecule has 1 fully saturated rings. The van der Waals surface area contributed by atoms with Gasteiger partial charge in [-0.3, -0.25) is 9.59 Å². The first kappa shape index (κ1) is 23.8. The minimum atomic E-state index is -0.780. The molecule has 1 aliphatic heterocycles. The van der Waals surface area contributed by atoms with E-state index in [2.05, 4.69) is 5.32 Å². The summed E-state index contributed by atoms with van der Waals surface area (Å²) in [6.07, 6.45) is 0.775. The second-order valence-corrected chi connectivity index (χ2v) is 8.71. The van der Waals surface area contributed by atoms with Crippen molar-refractivity contribution in [2.45, 2.75) is 25.0 Å². The summed E-state index contributed by atoms with van der Waals surface area (Å²) in [6.45, 7) is 1.32. The molecule has 1 heterocycles. The van der Waals surface area contributed by atoms with Crippen LogP contribution in [-0.2, 0) is 0 Å². The number of rotatable bonds is 7. The van der Waals surface area contributed by atoms with Crippen molar-refractivity contribution in [2.24, 2.45) is 0 Å². The fourth-order valence-electron chi connectivity index (χ4n) is 3.91. The molecule has 2 N–H and O–H groups in total. The number of nitrogens with one attached hydrogen (secondary N) is 1. The Morgan fingerprint density at radius 2 is 1.56 bits per heavy atom. The molecule has 1 atom stereocenters. The topological polar surface area (TPSA) is 78.9 Å². The van der Waals surface area contributed by atoms with E-state index in [1.165, 1.54) is 0 Å². The molecule has 0 bridgehead atoms. The van der Waals surface area contributed by atoms with Crippen molar-refractivity contribution in [1.29, 1.82) is 0 Å². The van der Waals surface area contributed by atoms with Crippen LogP contribution in [-0.4, -0.2) is 47.6 Å². The largest absolute Gasteiger partial charge is 0.490 e. The number of ether oxygens (including phenoxy) is 1. The van der Waals surface area contributed by atoms with Crippen LogP contribution in [0, 0.1) is 0 Å². The molecule has 0 unspecified atom stereocenters. The highest BCUT2D eigenvalue weighted by molar-refractivity contribution is 6.30. The smallest absolute Gasteiger partial charge is 0.253 e. The van der Waals surface area contributed by atoms with Gasteiger partial charge in [0.05, 0.1) is 6.10 Å².